The van der Waals surface area contributed by atoms with Gasteiger partial charge in [-0.1, -0.05) is 30.3 Å². The summed E-state index contributed by atoms with van der Waals surface area (Å²) in [6.07, 6.45) is 3.84. The van der Waals surface area contributed by atoms with Gasteiger partial charge in [-0.3, -0.25) is 4.98 Å². The maximum absolute atomic E-state index is 4.73. The topological polar surface area (TPSA) is 29.7 Å². The van der Waals surface area contributed by atoms with Gasteiger partial charge in [-0.25, -0.2) is 4.57 Å². The van der Waals surface area contributed by atoms with Crippen molar-refractivity contribution in [3.05, 3.63) is 67.1 Å². The molecule has 0 saturated carbocycles. The molecular formula is C20H14IN3. The third-order valence-corrected chi connectivity index (χ3v) is 4.53. The van der Waals surface area contributed by atoms with E-state index >= 15 is 0 Å². The number of aryl methyl sites for hydroxylation is 1. The second-order valence-electron chi connectivity index (χ2n) is 5.88. The van der Waals surface area contributed by atoms with Crippen molar-refractivity contribution in [3.63, 3.8) is 0 Å². The van der Waals surface area contributed by atoms with Gasteiger partial charge in [0, 0.05) is 27.9 Å². The number of hydrogen-bond acceptors (Lipinski definition) is 2. The van der Waals surface area contributed by atoms with E-state index in [2.05, 4.69) is 58.1 Å². The lowest BCUT2D eigenvalue weighted by Crippen LogP contribution is -3.00. The highest BCUT2D eigenvalue weighted by atomic mass is 127. The molecule has 0 bridgehead atoms. The maximum Gasteiger partial charge on any atom is 0.287 e. The van der Waals surface area contributed by atoms with Gasteiger partial charge in [-0.2, -0.15) is 0 Å². The van der Waals surface area contributed by atoms with Gasteiger partial charge in [0.15, 0.2) is 5.52 Å². The minimum absolute atomic E-state index is 0. The summed E-state index contributed by atoms with van der Waals surface area (Å²) in [7, 11) is 2.04. The first-order valence-electron chi connectivity index (χ1n) is 7.66. The van der Waals surface area contributed by atoms with E-state index in [1.54, 1.807) is 0 Å². The van der Waals surface area contributed by atoms with Crippen molar-refractivity contribution in [2.75, 3.05) is 0 Å². The lowest BCUT2D eigenvalue weighted by molar-refractivity contribution is -0.647. The molecule has 3 nitrogen and oxygen atoms in total. The Morgan fingerprint density at radius 3 is 2.50 bits per heavy atom. The molecule has 4 heteroatoms. The summed E-state index contributed by atoms with van der Waals surface area (Å²) >= 11 is 0. The molecule has 0 spiro atoms. The first-order chi connectivity index (χ1) is 11.3. The van der Waals surface area contributed by atoms with Gasteiger partial charge in [-0.15, -0.1) is 0 Å². The summed E-state index contributed by atoms with van der Waals surface area (Å²) < 4.78 is 2.07. The van der Waals surface area contributed by atoms with Crippen LogP contribution in [0.15, 0.2) is 67.1 Å². The van der Waals surface area contributed by atoms with Crippen LogP contribution in [0.2, 0.25) is 0 Å². The second-order valence-corrected chi connectivity index (χ2v) is 5.88. The first kappa shape index (κ1) is 15.2. The van der Waals surface area contributed by atoms with Crippen LogP contribution >= 0.6 is 0 Å². The SMILES string of the molecule is C[n+]1cnc2ccc3c(-c4ccccc4)ncc4ccc1c2c43.[I-]. The molecule has 0 fully saturated rings. The zero-order valence-electron chi connectivity index (χ0n) is 13.1. The van der Waals surface area contributed by atoms with Gasteiger partial charge in [0.05, 0.1) is 18.1 Å². The van der Waals surface area contributed by atoms with Crippen LogP contribution < -0.4 is 28.5 Å². The van der Waals surface area contributed by atoms with Crippen LogP contribution in [0.5, 0.6) is 0 Å². The van der Waals surface area contributed by atoms with Crippen LogP contribution in [-0.4, -0.2) is 9.97 Å². The van der Waals surface area contributed by atoms with E-state index in [4.69, 9.17) is 4.98 Å². The van der Waals surface area contributed by atoms with Crippen LogP contribution in [0, 0.1) is 0 Å². The molecule has 0 amide bonds. The Morgan fingerprint density at radius 2 is 1.67 bits per heavy atom. The molecule has 2 aromatic heterocycles. The van der Waals surface area contributed by atoms with E-state index in [9.17, 15) is 0 Å². The molecule has 0 atom stereocenters. The monoisotopic (exact) mass is 423 g/mol. The van der Waals surface area contributed by atoms with Crippen molar-refractivity contribution in [3.8, 4) is 11.3 Å². The number of pyridine rings is 1. The average molecular weight is 423 g/mol. The molecule has 5 aromatic rings. The number of aromatic nitrogens is 3. The Bertz CT molecular complexity index is 1170. The summed E-state index contributed by atoms with van der Waals surface area (Å²) in [6.45, 7) is 0. The molecule has 0 aliphatic carbocycles. The van der Waals surface area contributed by atoms with Crippen LogP contribution in [0.1, 0.15) is 0 Å². The molecule has 0 unspecified atom stereocenters. The van der Waals surface area contributed by atoms with Crippen molar-refractivity contribution in [2.24, 2.45) is 7.05 Å². The smallest absolute Gasteiger partial charge is 0.287 e. The molecule has 5 rings (SSSR count). The van der Waals surface area contributed by atoms with Gasteiger partial charge in [-0.05, 0) is 29.2 Å². The standard InChI is InChI=1S/C20H14N3.HI/c1-23-12-22-16-9-8-15-18-14(7-10-17(23)19(16)18)11-21-20(15)13-5-3-2-4-6-13;/h2-12H,1H3;1H/q+1;/p-1. The normalized spacial score (nSPS) is 11.2. The summed E-state index contributed by atoms with van der Waals surface area (Å²) in [4.78, 5) is 9.31. The van der Waals surface area contributed by atoms with Gasteiger partial charge in [0.1, 0.15) is 5.52 Å². The quantitative estimate of drug-likeness (QED) is 0.228. The van der Waals surface area contributed by atoms with Gasteiger partial charge < -0.3 is 24.0 Å². The highest BCUT2D eigenvalue weighted by molar-refractivity contribution is 6.22. The largest absolute Gasteiger partial charge is 1.00 e. The highest BCUT2D eigenvalue weighted by Crippen LogP contribution is 2.36. The Balaban J connectivity index is 0.00000146. The Hall–Kier alpha value is -2.34. The van der Waals surface area contributed by atoms with Crippen LogP contribution in [0.25, 0.3) is 43.8 Å². The Morgan fingerprint density at radius 1 is 0.833 bits per heavy atom. The minimum atomic E-state index is 0. The van der Waals surface area contributed by atoms with E-state index < -0.39 is 0 Å². The first-order valence-corrected chi connectivity index (χ1v) is 7.66. The summed E-state index contributed by atoms with van der Waals surface area (Å²) in [5.74, 6) is 0. The molecule has 0 aliphatic heterocycles. The van der Waals surface area contributed by atoms with E-state index in [0.717, 1.165) is 22.2 Å². The second kappa shape index (κ2) is 5.63. The van der Waals surface area contributed by atoms with E-state index in [1.807, 2.05) is 25.6 Å². The fourth-order valence-corrected chi connectivity index (χ4v) is 3.43. The molecular weight excluding hydrogens is 409 g/mol. The van der Waals surface area contributed by atoms with E-state index in [0.29, 0.717) is 0 Å². The van der Waals surface area contributed by atoms with Gasteiger partial charge in [0.2, 0.25) is 0 Å². The fraction of sp³-hybridized carbons (Fsp3) is 0.0500. The van der Waals surface area contributed by atoms with Crippen LogP contribution in [0.4, 0.5) is 0 Å². The molecule has 0 saturated heterocycles. The molecule has 0 radical (unpaired) electrons. The number of rotatable bonds is 1. The summed E-state index contributed by atoms with van der Waals surface area (Å²) in [5, 5.41) is 4.80. The molecule has 116 valence electrons. The lowest BCUT2D eigenvalue weighted by atomic mass is 9.96. The summed E-state index contributed by atoms with van der Waals surface area (Å²) in [5.41, 5.74) is 4.39. The number of halogens is 1. The van der Waals surface area contributed by atoms with Gasteiger partial charge >= 0.3 is 0 Å². The van der Waals surface area contributed by atoms with Crippen molar-refractivity contribution in [1.29, 1.82) is 0 Å². The molecule has 3 aromatic carbocycles. The van der Waals surface area contributed by atoms with Crippen molar-refractivity contribution >= 4 is 32.6 Å². The van der Waals surface area contributed by atoms with Crippen molar-refractivity contribution in [1.82, 2.24) is 9.97 Å². The predicted octanol–water partition coefficient (Wildman–Crippen LogP) is 0.869. The number of benzene rings is 3. The van der Waals surface area contributed by atoms with Crippen LogP contribution in [0.3, 0.4) is 0 Å². The van der Waals surface area contributed by atoms with Crippen molar-refractivity contribution in [2.45, 2.75) is 0 Å². The zero-order chi connectivity index (χ0) is 15.4. The van der Waals surface area contributed by atoms with E-state index in [-0.39, 0.29) is 24.0 Å². The number of nitrogens with zero attached hydrogens (tertiary/aromatic N) is 3. The minimum Gasteiger partial charge on any atom is -1.00 e. The number of hydrogen-bond donors (Lipinski definition) is 0. The highest BCUT2D eigenvalue weighted by Gasteiger charge is 2.17. The molecule has 2 heterocycles. The Labute approximate surface area is 156 Å². The van der Waals surface area contributed by atoms with Crippen molar-refractivity contribution < 1.29 is 28.5 Å². The zero-order valence-corrected chi connectivity index (χ0v) is 15.2. The Kier molecular flexibility index (Phi) is 3.57. The molecule has 0 aliphatic rings. The lowest BCUT2D eigenvalue weighted by Gasteiger charge is -2.11. The average Bonchev–Trinajstić information content (AvgIpc) is 2.62. The summed E-state index contributed by atoms with van der Waals surface area (Å²) in [6, 6.07) is 18.9. The maximum atomic E-state index is 4.73. The third-order valence-electron chi connectivity index (χ3n) is 4.53. The third kappa shape index (κ3) is 2.06. The molecule has 24 heavy (non-hydrogen) atoms. The molecule has 0 N–H and O–H groups in total. The predicted molar refractivity (Wildman–Crippen MR) is 92.3 cm³/mol. The van der Waals surface area contributed by atoms with E-state index in [1.165, 1.54) is 21.7 Å². The fourth-order valence-electron chi connectivity index (χ4n) is 3.43. The van der Waals surface area contributed by atoms with Crippen LogP contribution in [-0.2, 0) is 7.05 Å². The van der Waals surface area contributed by atoms with Gasteiger partial charge in [0.25, 0.3) is 6.33 Å².